The second-order valence-corrected chi connectivity index (χ2v) is 5.32. The van der Waals surface area contributed by atoms with Crippen LogP contribution in [0.15, 0.2) is 12.1 Å². The monoisotopic (exact) mass is 219 g/mol. The van der Waals surface area contributed by atoms with Gasteiger partial charge in [-0.2, -0.15) is 0 Å². The van der Waals surface area contributed by atoms with E-state index in [1.807, 2.05) is 0 Å². The Kier molecular flexibility index (Phi) is 4.55. The fraction of sp³-hybridized carbons (Fsp3) is 0.600. The van der Waals surface area contributed by atoms with Crippen molar-refractivity contribution < 1.29 is 0 Å². The van der Waals surface area contributed by atoms with E-state index in [1.165, 1.54) is 22.3 Å². The summed E-state index contributed by atoms with van der Waals surface area (Å²) in [7, 11) is 0. The smallest absolute Gasteiger partial charge is 0.0294 e. The normalized spacial score (nSPS) is 13.2. The minimum Gasteiger partial charge on any atom is -0.310 e. The van der Waals surface area contributed by atoms with Gasteiger partial charge in [0.05, 0.1) is 0 Å². The number of rotatable bonds is 4. The highest BCUT2D eigenvalue weighted by Gasteiger charge is 2.09. The molecule has 1 nitrogen and oxygen atoms in total. The van der Waals surface area contributed by atoms with Crippen molar-refractivity contribution in [2.24, 2.45) is 5.92 Å². The molecule has 0 spiro atoms. The van der Waals surface area contributed by atoms with E-state index in [0.717, 1.165) is 6.54 Å². The second-order valence-electron chi connectivity index (χ2n) is 5.32. The molecule has 1 N–H and O–H groups in total. The van der Waals surface area contributed by atoms with Crippen LogP contribution in [0.5, 0.6) is 0 Å². The standard InChI is InChI=1S/C15H25N/c1-10(2)9-16-14(6)15-8-12(4)11(3)7-13(15)5/h7-8,10,14,16H,9H2,1-6H3. The highest BCUT2D eigenvalue weighted by molar-refractivity contribution is 5.37. The van der Waals surface area contributed by atoms with Crippen LogP contribution in [0.2, 0.25) is 0 Å². The van der Waals surface area contributed by atoms with Gasteiger partial charge in [0, 0.05) is 6.04 Å². The van der Waals surface area contributed by atoms with Crippen molar-refractivity contribution in [3.05, 3.63) is 34.4 Å². The quantitative estimate of drug-likeness (QED) is 0.809. The van der Waals surface area contributed by atoms with Gasteiger partial charge in [0.1, 0.15) is 0 Å². The first-order chi connectivity index (χ1) is 7.41. The van der Waals surface area contributed by atoms with Crippen molar-refractivity contribution in [3.63, 3.8) is 0 Å². The summed E-state index contributed by atoms with van der Waals surface area (Å²) in [6.07, 6.45) is 0. The number of aryl methyl sites for hydroxylation is 3. The number of benzene rings is 1. The lowest BCUT2D eigenvalue weighted by molar-refractivity contribution is 0.495. The Hall–Kier alpha value is -0.820. The second kappa shape index (κ2) is 5.49. The van der Waals surface area contributed by atoms with E-state index in [1.54, 1.807) is 0 Å². The molecule has 16 heavy (non-hydrogen) atoms. The van der Waals surface area contributed by atoms with Crippen LogP contribution in [-0.2, 0) is 0 Å². The lowest BCUT2D eigenvalue weighted by Crippen LogP contribution is -2.24. The largest absolute Gasteiger partial charge is 0.310 e. The maximum atomic E-state index is 3.59. The molecular formula is C15H25N. The van der Waals surface area contributed by atoms with Crippen LogP contribution in [0, 0.1) is 26.7 Å². The van der Waals surface area contributed by atoms with Gasteiger partial charge in [-0.3, -0.25) is 0 Å². The number of hydrogen-bond donors (Lipinski definition) is 1. The Morgan fingerprint density at radius 1 is 0.938 bits per heavy atom. The van der Waals surface area contributed by atoms with Crippen molar-refractivity contribution in [1.29, 1.82) is 0 Å². The Balaban J connectivity index is 2.82. The molecule has 90 valence electrons. The zero-order chi connectivity index (χ0) is 12.3. The summed E-state index contributed by atoms with van der Waals surface area (Å²) < 4.78 is 0. The van der Waals surface area contributed by atoms with Gasteiger partial charge >= 0.3 is 0 Å². The lowest BCUT2D eigenvalue weighted by atomic mass is 9.96. The maximum absolute atomic E-state index is 3.59. The van der Waals surface area contributed by atoms with Crippen LogP contribution in [0.3, 0.4) is 0 Å². The van der Waals surface area contributed by atoms with Crippen molar-refractivity contribution in [1.82, 2.24) is 5.32 Å². The summed E-state index contributed by atoms with van der Waals surface area (Å²) in [6.45, 7) is 14.4. The first-order valence-corrected chi connectivity index (χ1v) is 6.23. The molecular weight excluding hydrogens is 194 g/mol. The van der Waals surface area contributed by atoms with E-state index in [-0.39, 0.29) is 0 Å². The third-order valence-corrected chi connectivity index (χ3v) is 3.18. The molecule has 0 bridgehead atoms. The maximum Gasteiger partial charge on any atom is 0.0294 e. The number of nitrogens with one attached hydrogen (secondary N) is 1. The molecule has 0 aliphatic carbocycles. The summed E-state index contributed by atoms with van der Waals surface area (Å²) >= 11 is 0. The molecule has 0 heterocycles. The molecule has 0 saturated carbocycles. The van der Waals surface area contributed by atoms with Gasteiger partial charge in [0.2, 0.25) is 0 Å². The highest BCUT2D eigenvalue weighted by Crippen LogP contribution is 2.21. The number of hydrogen-bond acceptors (Lipinski definition) is 1. The lowest BCUT2D eigenvalue weighted by Gasteiger charge is -2.19. The van der Waals surface area contributed by atoms with Crippen molar-refractivity contribution >= 4 is 0 Å². The summed E-state index contributed by atoms with van der Waals surface area (Å²) in [5, 5.41) is 3.59. The third kappa shape index (κ3) is 3.34. The summed E-state index contributed by atoms with van der Waals surface area (Å²) in [4.78, 5) is 0. The van der Waals surface area contributed by atoms with Gasteiger partial charge in [0.15, 0.2) is 0 Å². The first kappa shape index (κ1) is 13.2. The molecule has 0 amide bonds. The Labute approximate surface area is 100 Å². The molecule has 0 aromatic heterocycles. The van der Waals surface area contributed by atoms with Gasteiger partial charge in [-0.1, -0.05) is 26.0 Å². The SMILES string of the molecule is Cc1cc(C)c(C(C)NCC(C)C)cc1C. The van der Waals surface area contributed by atoms with E-state index in [4.69, 9.17) is 0 Å². The van der Waals surface area contributed by atoms with Gasteiger partial charge < -0.3 is 5.32 Å². The van der Waals surface area contributed by atoms with Crippen LogP contribution in [0.25, 0.3) is 0 Å². The topological polar surface area (TPSA) is 12.0 Å². The fourth-order valence-corrected chi connectivity index (χ4v) is 1.97. The van der Waals surface area contributed by atoms with Crippen LogP contribution in [0.4, 0.5) is 0 Å². The molecule has 0 aliphatic rings. The molecule has 1 heteroatoms. The van der Waals surface area contributed by atoms with E-state index < -0.39 is 0 Å². The fourth-order valence-electron chi connectivity index (χ4n) is 1.97. The predicted octanol–water partition coefficient (Wildman–Crippen LogP) is 3.92. The minimum absolute atomic E-state index is 0.446. The van der Waals surface area contributed by atoms with Crippen LogP contribution >= 0.6 is 0 Å². The average molecular weight is 219 g/mol. The molecule has 0 aliphatic heterocycles. The van der Waals surface area contributed by atoms with Crippen molar-refractivity contribution in [3.8, 4) is 0 Å². The van der Waals surface area contributed by atoms with Gasteiger partial charge in [-0.25, -0.2) is 0 Å². The summed E-state index contributed by atoms with van der Waals surface area (Å²) in [5.41, 5.74) is 5.60. The zero-order valence-corrected chi connectivity index (χ0v) is 11.5. The Morgan fingerprint density at radius 2 is 1.50 bits per heavy atom. The molecule has 1 aromatic carbocycles. The Morgan fingerprint density at radius 3 is 2.06 bits per heavy atom. The molecule has 0 radical (unpaired) electrons. The van der Waals surface area contributed by atoms with Gasteiger partial charge in [-0.05, 0) is 62.4 Å². The molecule has 1 unspecified atom stereocenters. The van der Waals surface area contributed by atoms with E-state index >= 15 is 0 Å². The molecule has 0 fully saturated rings. The predicted molar refractivity (Wildman–Crippen MR) is 71.9 cm³/mol. The van der Waals surface area contributed by atoms with Crippen molar-refractivity contribution in [2.45, 2.75) is 47.6 Å². The summed E-state index contributed by atoms with van der Waals surface area (Å²) in [5.74, 6) is 0.703. The molecule has 1 rings (SSSR count). The van der Waals surface area contributed by atoms with E-state index in [2.05, 4.69) is 59.0 Å². The van der Waals surface area contributed by atoms with E-state index in [9.17, 15) is 0 Å². The minimum atomic E-state index is 0.446. The average Bonchev–Trinajstić information content (AvgIpc) is 2.20. The molecule has 1 atom stereocenters. The molecule has 1 aromatic rings. The summed E-state index contributed by atoms with van der Waals surface area (Å²) in [6, 6.07) is 5.06. The van der Waals surface area contributed by atoms with Gasteiger partial charge in [0.25, 0.3) is 0 Å². The molecule has 0 saturated heterocycles. The van der Waals surface area contributed by atoms with Crippen LogP contribution in [-0.4, -0.2) is 6.54 Å². The van der Waals surface area contributed by atoms with Gasteiger partial charge in [-0.15, -0.1) is 0 Å². The highest BCUT2D eigenvalue weighted by atomic mass is 14.9. The first-order valence-electron chi connectivity index (χ1n) is 6.23. The van der Waals surface area contributed by atoms with Crippen LogP contribution in [0.1, 0.15) is 49.1 Å². The zero-order valence-electron chi connectivity index (χ0n) is 11.5. The van der Waals surface area contributed by atoms with E-state index in [0.29, 0.717) is 12.0 Å². The van der Waals surface area contributed by atoms with Crippen molar-refractivity contribution in [2.75, 3.05) is 6.54 Å². The van der Waals surface area contributed by atoms with Crippen LogP contribution < -0.4 is 5.32 Å². The Bertz CT molecular complexity index is 353. The third-order valence-electron chi connectivity index (χ3n) is 3.18.